The van der Waals surface area contributed by atoms with E-state index in [-0.39, 0.29) is 18.4 Å². The molecule has 100 valence electrons. The number of benzene rings is 1. The van der Waals surface area contributed by atoms with Crippen molar-refractivity contribution in [3.8, 4) is 5.75 Å². The zero-order chi connectivity index (χ0) is 13.7. The zero-order valence-corrected chi connectivity index (χ0v) is 11.4. The second-order valence-electron chi connectivity index (χ2n) is 4.41. The van der Waals surface area contributed by atoms with E-state index >= 15 is 0 Å². The van der Waals surface area contributed by atoms with Gasteiger partial charge in [0.15, 0.2) is 0 Å². The van der Waals surface area contributed by atoms with Crippen molar-refractivity contribution in [2.75, 3.05) is 19.0 Å². The minimum Gasteiger partial charge on any atom is -0.496 e. The Labute approximate surface area is 108 Å². The van der Waals surface area contributed by atoms with Crippen LogP contribution in [-0.4, -0.2) is 24.7 Å². The molecule has 0 aliphatic heterocycles. The molecule has 0 fully saturated rings. The Morgan fingerprint density at radius 3 is 2.56 bits per heavy atom. The summed E-state index contributed by atoms with van der Waals surface area (Å²) in [6.45, 7) is 5.60. The normalized spacial score (nSPS) is 12.1. The standard InChI is InChI=1S/C14H21NO3/c1-5-11(8-16)14(17)15-12-6-10(3)13(18-4)7-9(12)2/h6-7,11,16H,5,8H2,1-4H3,(H,15,17). The van der Waals surface area contributed by atoms with E-state index in [0.717, 1.165) is 22.6 Å². The lowest BCUT2D eigenvalue weighted by Crippen LogP contribution is -2.25. The molecule has 1 amide bonds. The van der Waals surface area contributed by atoms with Gasteiger partial charge < -0.3 is 15.2 Å². The molecule has 0 bridgehead atoms. The lowest BCUT2D eigenvalue weighted by atomic mass is 10.1. The summed E-state index contributed by atoms with van der Waals surface area (Å²) in [4.78, 5) is 11.9. The molecule has 0 aliphatic rings. The van der Waals surface area contributed by atoms with Crippen LogP contribution in [0.2, 0.25) is 0 Å². The molecule has 0 radical (unpaired) electrons. The van der Waals surface area contributed by atoms with E-state index in [1.54, 1.807) is 7.11 Å². The average molecular weight is 251 g/mol. The first-order chi connectivity index (χ1) is 8.53. The third kappa shape index (κ3) is 3.23. The number of aliphatic hydroxyl groups excluding tert-OH is 1. The summed E-state index contributed by atoms with van der Waals surface area (Å²) in [5.41, 5.74) is 2.68. The van der Waals surface area contributed by atoms with E-state index in [1.807, 2.05) is 32.9 Å². The van der Waals surface area contributed by atoms with Crippen LogP contribution >= 0.6 is 0 Å². The first kappa shape index (κ1) is 14.5. The highest BCUT2D eigenvalue weighted by atomic mass is 16.5. The van der Waals surface area contributed by atoms with Crippen LogP contribution in [0.25, 0.3) is 0 Å². The van der Waals surface area contributed by atoms with Gasteiger partial charge >= 0.3 is 0 Å². The molecule has 0 heterocycles. The molecule has 1 atom stereocenters. The molecule has 0 saturated heterocycles. The van der Waals surface area contributed by atoms with Crippen molar-refractivity contribution >= 4 is 11.6 Å². The SMILES string of the molecule is CCC(CO)C(=O)Nc1cc(C)c(OC)cc1C. The predicted octanol–water partition coefficient (Wildman–Crippen LogP) is 2.27. The molecule has 1 unspecified atom stereocenters. The lowest BCUT2D eigenvalue weighted by molar-refractivity contribution is -0.121. The smallest absolute Gasteiger partial charge is 0.229 e. The maximum atomic E-state index is 11.9. The minimum absolute atomic E-state index is 0.128. The molecule has 4 nitrogen and oxygen atoms in total. The van der Waals surface area contributed by atoms with Crippen molar-refractivity contribution in [3.63, 3.8) is 0 Å². The fraction of sp³-hybridized carbons (Fsp3) is 0.500. The van der Waals surface area contributed by atoms with E-state index in [4.69, 9.17) is 9.84 Å². The number of carbonyl (C=O) groups excluding carboxylic acids is 1. The van der Waals surface area contributed by atoms with Gasteiger partial charge in [-0.3, -0.25) is 4.79 Å². The number of amides is 1. The van der Waals surface area contributed by atoms with E-state index < -0.39 is 0 Å². The number of rotatable bonds is 5. The number of aryl methyl sites for hydroxylation is 2. The van der Waals surface area contributed by atoms with E-state index in [9.17, 15) is 4.79 Å². The first-order valence-corrected chi connectivity index (χ1v) is 6.10. The molecule has 0 saturated carbocycles. The summed E-state index contributed by atoms with van der Waals surface area (Å²) >= 11 is 0. The number of methoxy groups -OCH3 is 1. The Hall–Kier alpha value is -1.55. The highest BCUT2D eigenvalue weighted by Crippen LogP contribution is 2.26. The topological polar surface area (TPSA) is 58.6 Å². The number of ether oxygens (including phenoxy) is 1. The molecule has 1 rings (SSSR count). The van der Waals surface area contributed by atoms with Crippen LogP contribution in [0, 0.1) is 19.8 Å². The molecular formula is C14H21NO3. The maximum Gasteiger partial charge on any atom is 0.229 e. The van der Waals surface area contributed by atoms with Crippen molar-refractivity contribution in [2.45, 2.75) is 27.2 Å². The van der Waals surface area contributed by atoms with Crippen LogP contribution in [0.1, 0.15) is 24.5 Å². The summed E-state index contributed by atoms with van der Waals surface area (Å²) in [6, 6.07) is 3.78. The van der Waals surface area contributed by atoms with Gasteiger partial charge in [0.2, 0.25) is 5.91 Å². The second-order valence-corrected chi connectivity index (χ2v) is 4.41. The minimum atomic E-state index is -0.355. The molecule has 1 aromatic rings. The highest BCUT2D eigenvalue weighted by Gasteiger charge is 2.16. The van der Waals surface area contributed by atoms with Crippen LogP contribution in [0.4, 0.5) is 5.69 Å². The average Bonchev–Trinajstić information content (AvgIpc) is 2.34. The Bertz CT molecular complexity index is 425. The number of nitrogens with one attached hydrogen (secondary N) is 1. The van der Waals surface area contributed by atoms with Gasteiger partial charge in [-0.25, -0.2) is 0 Å². The van der Waals surface area contributed by atoms with Gasteiger partial charge in [-0.2, -0.15) is 0 Å². The largest absolute Gasteiger partial charge is 0.496 e. The van der Waals surface area contributed by atoms with E-state index in [1.165, 1.54) is 0 Å². The van der Waals surface area contributed by atoms with Gasteiger partial charge in [-0.05, 0) is 43.5 Å². The molecule has 18 heavy (non-hydrogen) atoms. The van der Waals surface area contributed by atoms with Gasteiger partial charge in [-0.15, -0.1) is 0 Å². The summed E-state index contributed by atoms with van der Waals surface area (Å²) in [5.74, 6) is 0.305. The summed E-state index contributed by atoms with van der Waals surface area (Å²) in [5, 5.41) is 11.9. The van der Waals surface area contributed by atoms with Crippen molar-refractivity contribution in [2.24, 2.45) is 5.92 Å². The van der Waals surface area contributed by atoms with Crippen LogP contribution in [0.5, 0.6) is 5.75 Å². The fourth-order valence-electron chi connectivity index (χ4n) is 1.78. The number of hydrogen-bond donors (Lipinski definition) is 2. The molecule has 2 N–H and O–H groups in total. The van der Waals surface area contributed by atoms with Gasteiger partial charge in [0.25, 0.3) is 0 Å². The highest BCUT2D eigenvalue weighted by molar-refractivity contribution is 5.93. The number of carbonyl (C=O) groups is 1. The quantitative estimate of drug-likeness (QED) is 0.844. The molecular weight excluding hydrogens is 230 g/mol. The Kier molecular flexibility index (Phi) is 5.16. The van der Waals surface area contributed by atoms with Gasteiger partial charge in [0.05, 0.1) is 19.6 Å². The fourth-order valence-corrected chi connectivity index (χ4v) is 1.78. The third-order valence-electron chi connectivity index (χ3n) is 3.08. The number of anilines is 1. The van der Waals surface area contributed by atoms with Gasteiger partial charge in [0, 0.05) is 5.69 Å². The second kappa shape index (κ2) is 6.40. The van der Waals surface area contributed by atoms with Crippen molar-refractivity contribution in [1.29, 1.82) is 0 Å². The van der Waals surface area contributed by atoms with Crippen molar-refractivity contribution in [1.82, 2.24) is 0 Å². The van der Waals surface area contributed by atoms with Crippen LogP contribution in [-0.2, 0) is 4.79 Å². The van der Waals surface area contributed by atoms with Crippen LogP contribution in [0.15, 0.2) is 12.1 Å². The van der Waals surface area contributed by atoms with Crippen LogP contribution < -0.4 is 10.1 Å². The Morgan fingerprint density at radius 2 is 2.06 bits per heavy atom. The Morgan fingerprint density at radius 1 is 1.39 bits per heavy atom. The lowest BCUT2D eigenvalue weighted by Gasteiger charge is -2.15. The summed E-state index contributed by atoms with van der Waals surface area (Å²) in [6.07, 6.45) is 0.622. The molecule has 1 aromatic carbocycles. The molecule has 0 aromatic heterocycles. The van der Waals surface area contributed by atoms with Crippen molar-refractivity contribution in [3.05, 3.63) is 23.3 Å². The third-order valence-corrected chi connectivity index (χ3v) is 3.08. The summed E-state index contributed by atoms with van der Waals surface area (Å²) in [7, 11) is 1.62. The van der Waals surface area contributed by atoms with Gasteiger partial charge in [0.1, 0.15) is 5.75 Å². The number of aliphatic hydroxyl groups is 1. The molecule has 0 aliphatic carbocycles. The van der Waals surface area contributed by atoms with Gasteiger partial charge in [-0.1, -0.05) is 6.92 Å². The predicted molar refractivity (Wildman–Crippen MR) is 72.0 cm³/mol. The number of hydrogen-bond acceptors (Lipinski definition) is 3. The van der Waals surface area contributed by atoms with E-state index in [2.05, 4.69) is 5.32 Å². The zero-order valence-electron chi connectivity index (χ0n) is 11.4. The van der Waals surface area contributed by atoms with E-state index in [0.29, 0.717) is 6.42 Å². The maximum absolute atomic E-state index is 11.9. The molecule has 0 spiro atoms. The Balaban J connectivity index is 2.91. The molecule has 4 heteroatoms. The summed E-state index contributed by atoms with van der Waals surface area (Å²) < 4.78 is 5.22. The first-order valence-electron chi connectivity index (χ1n) is 6.10. The monoisotopic (exact) mass is 251 g/mol. The van der Waals surface area contributed by atoms with Crippen LogP contribution in [0.3, 0.4) is 0 Å². The van der Waals surface area contributed by atoms with Crippen molar-refractivity contribution < 1.29 is 14.6 Å².